The lowest BCUT2D eigenvalue weighted by Crippen LogP contribution is -2.28. The van der Waals surface area contributed by atoms with E-state index >= 15 is 0 Å². The predicted molar refractivity (Wildman–Crippen MR) is 282 cm³/mol. The Morgan fingerprint density at radius 1 is 0.403 bits per heavy atom. The zero-order chi connectivity index (χ0) is 44.7. The normalized spacial score (nSPS) is 13.2. The molecule has 1 aliphatic rings. The van der Waals surface area contributed by atoms with Gasteiger partial charge in [-0.05, 0) is 105 Å². The molecule has 0 aromatic heterocycles. The molecule has 0 fully saturated rings. The minimum absolute atomic E-state index is 0.471. The van der Waals surface area contributed by atoms with Crippen molar-refractivity contribution < 1.29 is 0 Å². The molecule has 0 bridgehead atoms. The summed E-state index contributed by atoms with van der Waals surface area (Å²) in [6, 6.07) is 89.8. The summed E-state index contributed by atoms with van der Waals surface area (Å²) in [6.07, 6.45) is 2.92. The number of allylic oxidation sites excluding steroid dienone is 1. The quantitative estimate of drug-likeness (QED) is 0.0668. The van der Waals surface area contributed by atoms with Crippen LogP contribution >= 0.6 is 0 Å². The van der Waals surface area contributed by atoms with Crippen molar-refractivity contribution >= 4 is 43.9 Å². The largest absolute Gasteiger partial charge is 0.383 e. The van der Waals surface area contributed by atoms with Crippen molar-refractivity contribution in [2.45, 2.75) is 11.8 Å². The lowest BCUT2D eigenvalue weighted by Gasteiger charge is -2.33. The van der Waals surface area contributed by atoms with Crippen LogP contribution in [-0.4, -0.2) is 5.84 Å². The average molecular weight is 855 g/mol. The molecule has 0 aliphatic heterocycles. The second-order valence-corrected chi connectivity index (χ2v) is 17.5. The number of fused-ring (bicyclic) bond motifs is 7. The highest BCUT2D eigenvalue weighted by atomic mass is 14.9. The molecule has 2 nitrogen and oxygen atoms in total. The van der Waals surface area contributed by atoms with Crippen LogP contribution < -0.4 is 5.73 Å². The summed E-state index contributed by atoms with van der Waals surface area (Å²) in [6.45, 7) is 0. The zero-order valence-corrected chi connectivity index (χ0v) is 37.0. The van der Waals surface area contributed by atoms with E-state index in [0.29, 0.717) is 12.3 Å². The average Bonchev–Trinajstić information content (AvgIpc) is 3.71. The SMILES string of the molecule is NC(=N/C(=C\Cc1cccc2c1-c1ccccc1C2(c1ccccc1)c1ccccc1)c1ccc(-c2c3ccccc3c(-c3ccccc3)c3ccc4ccccc4c23)cc1)c1ccccc1. The fourth-order valence-corrected chi connectivity index (χ4v) is 10.9. The summed E-state index contributed by atoms with van der Waals surface area (Å²) < 4.78 is 0. The molecule has 2 N–H and O–H groups in total. The van der Waals surface area contributed by atoms with Gasteiger partial charge in [0, 0.05) is 5.56 Å². The third-order valence-corrected chi connectivity index (χ3v) is 13.8. The maximum atomic E-state index is 6.89. The van der Waals surface area contributed by atoms with E-state index in [1.54, 1.807) is 0 Å². The van der Waals surface area contributed by atoms with Crippen molar-refractivity contribution in [2.24, 2.45) is 10.7 Å². The van der Waals surface area contributed by atoms with E-state index < -0.39 is 5.41 Å². The molecular formula is C65H46N2. The lowest BCUT2D eigenvalue weighted by molar-refractivity contribution is 0.768. The Hall–Kier alpha value is -8.59. The van der Waals surface area contributed by atoms with Crippen LogP contribution in [0.3, 0.4) is 0 Å². The molecule has 0 radical (unpaired) electrons. The molecule has 0 saturated carbocycles. The summed E-state index contributed by atoms with van der Waals surface area (Å²) in [4.78, 5) is 5.24. The van der Waals surface area contributed by atoms with Crippen molar-refractivity contribution in [1.82, 2.24) is 0 Å². The molecule has 2 heteroatoms. The van der Waals surface area contributed by atoms with Gasteiger partial charge in [-0.25, -0.2) is 4.99 Å². The summed E-state index contributed by atoms with van der Waals surface area (Å²) in [5, 5.41) is 7.41. The summed E-state index contributed by atoms with van der Waals surface area (Å²) in [5.74, 6) is 0.478. The molecule has 1 aliphatic carbocycles. The number of rotatable bonds is 9. The summed E-state index contributed by atoms with van der Waals surface area (Å²) in [7, 11) is 0. The minimum atomic E-state index is -0.471. The van der Waals surface area contributed by atoms with Gasteiger partial charge in [0.1, 0.15) is 5.84 Å². The molecule has 11 aromatic rings. The number of hydrogen-bond acceptors (Lipinski definition) is 1. The van der Waals surface area contributed by atoms with Gasteiger partial charge in [-0.2, -0.15) is 0 Å². The van der Waals surface area contributed by atoms with Crippen LogP contribution in [0.25, 0.3) is 71.4 Å². The second-order valence-electron chi connectivity index (χ2n) is 17.5. The second kappa shape index (κ2) is 16.8. The van der Waals surface area contributed by atoms with Crippen LogP contribution in [0.2, 0.25) is 0 Å². The minimum Gasteiger partial charge on any atom is -0.383 e. The first-order chi connectivity index (χ1) is 33.2. The van der Waals surface area contributed by atoms with Gasteiger partial charge in [0.05, 0.1) is 11.1 Å². The van der Waals surface area contributed by atoms with Crippen molar-refractivity contribution in [3.63, 3.8) is 0 Å². The topological polar surface area (TPSA) is 38.4 Å². The summed E-state index contributed by atoms with van der Waals surface area (Å²) >= 11 is 0. The monoisotopic (exact) mass is 854 g/mol. The Balaban J connectivity index is 1.03. The number of benzene rings is 11. The van der Waals surface area contributed by atoms with Crippen molar-refractivity contribution in [1.29, 1.82) is 0 Å². The molecule has 12 rings (SSSR count). The van der Waals surface area contributed by atoms with Gasteiger partial charge in [-0.1, -0.05) is 255 Å². The number of amidine groups is 1. The molecular weight excluding hydrogens is 809 g/mol. The molecule has 0 heterocycles. The standard InChI is InChI=1S/C65H46N2/c66-64(49-23-7-2-8-24-49)67-59(43-41-47-25-19-35-58-61(47)55-33-17-18-34-57(55)65(58,50-26-9-3-10-27-50)51-28-11-4-12-29-51)45-36-38-48(39-37-45)62-54-32-16-15-31-53(54)60(46-21-5-1-6-22-46)56-42-40-44-20-13-14-30-52(44)63(56)62/h1-40,42-43H,41H2,(H2,66,67)/b59-43-. The fourth-order valence-electron chi connectivity index (χ4n) is 10.9. The Morgan fingerprint density at radius 3 is 1.66 bits per heavy atom. The number of aliphatic imine (C=N–C) groups is 1. The van der Waals surface area contributed by atoms with Crippen LogP contribution in [0, 0.1) is 0 Å². The molecule has 316 valence electrons. The van der Waals surface area contributed by atoms with E-state index in [1.165, 1.54) is 88.0 Å². The van der Waals surface area contributed by atoms with Gasteiger partial charge in [0.15, 0.2) is 0 Å². The van der Waals surface area contributed by atoms with E-state index in [-0.39, 0.29) is 0 Å². The molecule has 0 amide bonds. The predicted octanol–water partition coefficient (Wildman–Crippen LogP) is 15.8. The first kappa shape index (κ1) is 40.0. The van der Waals surface area contributed by atoms with E-state index in [0.717, 1.165) is 22.4 Å². The van der Waals surface area contributed by atoms with Gasteiger partial charge < -0.3 is 5.73 Å². The van der Waals surface area contributed by atoms with E-state index in [1.807, 2.05) is 30.3 Å². The van der Waals surface area contributed by atoms with E-state index in [9.17, 15) is 0 Å². The fraction of sp³-hybridized carbons (Fsp3) is 0.0308. The van der Waals surface area contributed by atoms with Gasteiger partial charge >= 0.3 is 0 Å². The Morgan fingerprint density at radius 2 is 0.955 bits per heavy atom. The van der Waals surface area contributed by atoms with Gasteiger partial charge in [0.25, 0.3) is 0 Å². The zero-order valence-electron chi connectivity index (χ0n) is 37.0. The molecule has 11 aromatic carbocycles. The van der Waals surface area contributed by atoms with Crippen LogP contribution in [-0.2, 0) is 11.8 Å². The molecule has 0 spiro atoms. The van der Waals surface area contributed by atoms with Gasteiger partial charge in [-0.3, -0.25) is 0 Å². The number of hydrogen-bond donors (Lipinski definition) is 1. The maximum Gasteiger partial charge on any atom is 0.131 e. The number of nitrogens with zero attached hydrogens (tertiary/aromatic N) is 1. The molecule has 0 saturated heterocycles. The molecule has 67 heavy (non-hydrogen) atoms. The highest BCUT2D eigenvalue weighted by Crippen LogP contribution is 2.57. The Bertz CT molecular complexity index is 3640. The Kier molecular flexibility index (Phi) is 9.99. The first-order valence-electron chi connectivity index (χ1n) is 23.1. The van der Waals surface area contributed by atoms with Crippen molar-refractivity contribution in [2.75, 3.05) is 0 Å². The van der Waals surface area contributed by atoms with Crippen LogP contribution in [0.15, 0.2) is 260 Å². The highest BCUT2D eigenvalue weighted by Gasteiger charge is 2.46. The third-order valence-electron chi connectivity index (χ3n) is 13.8. The molecule has 0 atom stereocenters. The van der Waals surface area contributed by atoms with Gasteiger partial charge in [0.2, 0.25) is 0 Å². The summed E-state index contributed by atoms with van der Waals surface area (Å²) in [5.41, 5.74) is 22.9. The highest BCUT2D eigenvalue weighted by molar-refractivity contribution is 6.28. The van der Waals surface area contributed by atoms with Crippen molar-refractivity contribution in [3.05, 3.63) is 294 Å². The van der Waals surface area contributed by atoms with E-state index in [2.05, 4.69) is 224 Å². The smallest absolute Gasteiger partial charge is 0.131 e. The molecule has 0 unspecified atom stereocenters. The lowest BCUT2D eigenvalue weighted by atomic mass is 9.67. The van der Waals surface area contributed by atoms with Crippen LogP contribution in [0.5, 0.6) is 0 Å². The first-order valence-corrected chi connectivity index (χ1v) is 23.1. The van der Waals surface area contributed by atoms with E-state index in [4.69, 9.17) is 10.7 Å². The Labute approximate surface area is 391 Å². The van der Waals surface area contributed by atoms with Crippen LogP contribution in [0.1, 0.15) is 38.9 Å². The van der Waals surface area contributed by atoms with Crippen LogP contribution in [0.4, 0.5) is 0 Å². The number of nitrogens with two attached hydrogens (primary N) is 1. The van der Waals surface area contributed by atoms with Gasteiger partial charge in [-0.15, -0.1) is 0 Å². The third kappa shape index (κ3) is 6.68. The maximum absolute atomic E-state index is 6.89. The van der Waals surface area contributed by atoms with Crippen molar-refractivity contribution in [3.8, 4) is 33.4 Å².